The second-order valence-corrected chi connectivity index (χ2v) is 7.08. The third kappa shape index (κ3) is 5.30. The van der Waals surface area contributed by atoms with E-state index in [0.717, 1.165) is 17.7 Å². The Hall–Kier alpha value is 0.310. The lowest BCUT2D eigenvalue weighted by Gasteiger charge is -2.37. The van der Waals surface area contributed by atoms with Crippen molar-refractivity contribution in [3.8, 4) is 0 Å². The number of likely N-dealkylation sites (tertiary alicyclic amines) is 1. The van der Waals surface area contributed by atoms with Crippen LogP contribution in [0.4, 0.5) is 0 Å². The topological polar surface area (TPSA) is 3.24 Å². The lowest BCUT2D eigenvalue weighted by atomic mass is 9.92. The van der Waals surface area contributed by atoms with Gasteiger partial charge in [0, 0.05) is 6.04 Å². The van der Waals surface area contributed by atoms with E-state index in [0.29, 0.717) is 0 Å². The highest BCUT2D eigenvalue weighted by Crippen LogP contribution is 2.36. The molecule has 2 atom stereocenters. The van der Waals surface area contributed by atoms with Gasteiger partial charge in [0.2, 0.25) is 0 Å². The summed E-state index contributed by atoms with van der Waals surface area (Å²) in [6.07, 6.45) is 17.4. The van der Waals surface area contributed by atoms with E-state index in [1.807, 2.05) is 0 Å². The molecule has 1 aliphatic carbocycles. The number of piperidine rings is 1. The zero-order valence-corrected chi connectivity index (χ0v) is 13.6. The first-order chi connectivity index (χ1) is 9.42. The van der Waals surface area contributed by atoms with Crippen LogP contribution in [0.15, 0.2) is 0 Å². The molecule has 0 spiro atoms. The first kappa shape index (κ1) is 15.7. The predicted octanol–water partition coefficient (Wildman–Crippen LogP) is 4.91. The fourth-order valence-electron chi connectivity index (χ4n) is 4.15. The van der Waals surface area contributed by atoms with Crippen molar-refractivity contribution in [1.29, 1.82) is 0 Å². The van der Waals surface area contributed by atoms with Crippen LogP contribution in [0.1, 0.15) is 77.0 Å². The number of hydrogen-bond acceptors (Lipinski definition) is 2. The number of unbranched alkanes of at least 4 members (excludes halogenated alkanes) is 6. The summed E-state index contributed by atoms with van der Waals surface area (Å²) in [5.74, 6) is 2.13. The van der Waals surface area contributed by atoms with E-state index in [2.05, 4.69) is 17.5 Å². The van der Waals surface area contributed by atoms with Gasteiger partial charge in [-0.2, -0.15) is 12.6 Å². The summed E-state index contributed by atoms with van der Waals surface area (Å²) in [4.78, 5) is 2.84. The van der Waals surface area contributed by atoms with Crippen molar-refractivity contribution in [3.63, 3.8) is 0 Å². The highest BCUT2D eigenvalue weighted by atomic mass is 32.1. The van der Waals surface area contributed by atoms with Crippen LogP contribution in [0.3, 0.4) is 0 Å². The second kappa shape index (κ2) is 9.28. The average molecular weight is 284 g/mol. The Bertz CT molecular complexity index is 231. The highest BCUT2D eigenvalue weighted by molar-refractivity contribution is 7.80. The van der Waals surface area contributed by atoms with E-state index in [1.165, 1.54) is 90.1 Å². The summed E-state index contributed by atoms with van der Waals surface area (Å²) in [6, 6.07) is 0.976. The van der Waals surface area contributed by atoms with Crippen LogP contribution in [0.2, 0.25) is 0 Å². The van der Waals surface area contributed by atoms with Gasteiger partial charge in [-0.3, -0.25) is 0 Å². The average Bonchev–Trinajstić information content (AvgIpc) is 2.91. The second-order valence-electron chi connectivity index (χ2n) is 6.64. The monoisotopic (exact) mass is 283 g/mol. The molecule has 0 aromatic carbocycles. The Morgan fingerprint density at radius 2 is 1.47 bits per heavy atom. The molecule has 0 bridgehead atoms. The summed E-state index contributed by atoms with van der Waals surface area (Å²) < 4.78 is 0. The molecule has 0 N–H and O–H groups in total. The zero-order chi connectivity index (χ0) is 13.3. The minimum atomic E-state index is 0.976. The summed E-state index contributed by atoms with van der Waals surface area (Å²) >= 11 is 4.26. The van der Waals surface area contributed by atoms with Crippen LogP contribution in [0.5, 0.6) is 0 Å². The normalized spacial score (nSPS) is 27.6. The van der Waals surface area contributed by atoms with Crippen molar-refractivity contribution in [2.75, 3.05) is 18.8 Å². The van der Waals surface area contributed by atoms with Crippen molar-refractivity contribution in [3.05, 3.63) is 0 Å². The first-order valence-corrected chi connectivity index (χ1v) is 9.40. The Labute approximate surface area is 125 Å². The maximum Gasteiger partial charge on any atom is 0.0123 e. The van der Waals surface area contributed by atoms with Gasteiger partial charge in [0.25, 0.3) is 0 Å². The number of thiol groups is 1. The maximum absolute atomic E-state index is 4.26. The maximum atomic E-state index is 4.26. The summed E-state index contributed by atoms with van der Waals surface area (Å²) in [6.45, 7) is 2.78. The Kier molecular flexibility index (Phi) is 7.67. The number of hydrogen-bond donors (Lipinski definition) is 1. The molecule has 0 aromatic heterocycles. The van der Waals surface area contributed by atoms with Gasteiger partial charge in [0.15, 0.2) is 0 Å². The van der Waals surface area contributed by atoms with E-state index in [9.17, 15) is 0 Å². The Morgan fingerprint density at radius 1 is 0.789 bits per heavy atom. The fraction of sp³-hybridized carbons (Fsp3) is 1.00. The van der Waals surface area contributed by atoms with E-state index < -0.39 is 0 Å². The van der Waals surface area contributed by atoms with Gasteiger partial charge in [-0.25, -0.2) is 0 Å². The molecule has 0 aromatic rings. The largest absolute Gasteiger partial charge is 0.300 e. The van der Waals surface area contributed by atoms with Crippen LogP contribution in [-0.4, -0.2) is 29.8 Å². The van der Waals surface area contributed by atoms with Crippen LogP contribution in [0.25, 0.3) is 0 Å². The smallest absolute Gasteiger partial charge is 0.0123 e. The number of rotatable bonds is 9. The Morgan fingerprint density at radius 3 is 2.26 bits per heavy atom. The molecule has 1 saturated carbocycles. The molecule has 1 nitrogen and oxygen atoms in total. The summed E-state index contributed by atoms with van der Waals surface area (Å²) in [5, 5.41) is 0. The van der Waals surface area contributed by atoms with Crippen LogP contribution < -0.4 is 0 Å². The number of nitrogens with zero attached hydrogens (tertiary/aromatic N) is 1. The van der Waals surface area contributed by atoms with Crippen LogP contribution in [-0.2, 0) is 0 Å². The molecule has 0 radical (unpaired) electrons. The molecule has 2 unspecified atom stereocenters. The van der Waals surface area contributed by atoms with Crippen LogP contribution in [0, 0.1) is 5.92 Å². The fourth-order valence-corrected chi connectivity index (χ4v) is 4.37. The lowest BCUT2D eigenvalue weighted by molar-refractivity contribution is 0.111. The molecule has 2 heteroatoms. The third-order valence-corrected chi connectivity index (χ3v) is 5.53. The quantitative estimate of drug-likeness (QED) is 0.465. The first-order valence-electron chi connectivity index (χ1n) is 8.76. The highest BCUT2D eigenvalue weighted by Gasteiger charge is 2.34. The van der Waals surface area contributed by atoms with Crippen molar-refractivity contribution < 1.29 is 0 Å². The molecule has 1 saturated heterocycles. The van der Waals surface area contributed by atoms with Crippen molar-refractivity contribution in [2.24, 2.45) is 5.92 Å². The molecule has 1 heterocycles. The van der Waals surface area contributed by atoms with Crippen molar-refractivity contribution in [1.82, 2.24) is 4.90 Å². The van der Waals surface area contributed by atoms with Gasteiger partial charge in [-0.15, -0.1) is 0 Å². The van der Waals surface area contributed by atoms with Crippen LogP contribution >= 0.6 is 12.6 Å². The number of fused-ring (bicyclic) bond motifs is 1. The minimum absolute atomic E-state index is 0.976. The summed E-state index contributed by atoms with van der Waals surface area (Å²) in [5.41, 5.74) is 0. The van der Waals surface area contributed by atoms with Gasteiger partial charge < -0.3 is 4.90 Å². The molecular formula is C17H33NS. The minimum Gasteiger partial charge on any atom is -0.300 e. The molecule has 112 valence electrons. The van der Waals surface area contributed by atoms with Crippen molar-refractivity contribution >= 4 is 12.6 Å². The van der Waals surface area contributed by atoms with Gasteiger partial charge >= 0.3 is 0 Å². The predicted molar refractivity (Wildman–Crippen MR) is 88.1 cm³/mol. The van der Waals surface area contributed by atoms with Gasteiger partial charge in [-0.1, -0.05) is 38.5 Å². The lowest BCUT2D eigenvalue weighted by Crippen LogP contribution is -2.42. The molecule has 0 amide bonds. The molecule has 2 rings (SSSR count). The molecular weight excluding hydrogens is 250 g/mol. The standard InChI is InChI=1S/C17H33NS/c19-15-7-5-3-1-2-4-6-13-18-14-9-11-16-10-8-12-17(16)18/h16-17,19H,1-15H2. The molecule has 2 fully saturated rings. The van der Waals surface area contributed by atoms with E-state index in [1.54, 1.807) is 0 Å². The van der Waals surface area contributed by atoms with E-state index in [-0.39, 0.29) is 0 Å². The van der Waals surface area contributed by atoms with E-state index >= 15 is 0 Å². The van der Waals surface area contributed by atoms with Crippen molar-refractivity contribution in [2.45, 2.75) is 83.1 Å². The third-order valence-electron chi connectivity index (χ3n) is 5.21. The van der Waals surface area contributed by atoms with Gasteiger partial charge in [0.05, 0.1) is 0 Å². The summed E-state index contributed by atoms with van der Waals surface area (Å²) in [7, 11) is 0. The Balaban J connectivity index is 1.48. The zero-order valence-electron chi connectivity index (χ0n) is 12.7. The molecule has 19 heavy (non-hydrogen) atoms. The van der Waals surface area contributed by atoms with E-state index in [4.69, 9.17) is 0 Å². The molecule has 2 aliphatic rings. The molecule has 1 aliphatic heterocycles. The van der Waals surface area contributed by atoms with Gasteiger partial charge in [-0.05, 0) is 63.3 Å². The SMILES string of the molecule is SCCCCCCCCCN1CCCC2CCCC21. The van der Waals surface area contributed by atoms with Gasteiger partial charge in [0.1, 0.15) is 0 Å².